The average Bonchev–Trinajstić information content (AvgIpc) is 2.65. The van der Waals surface area contributed by atoms with Crippen molar-refractivity contribution in [2.45, 2.75) is 32.7 Å². The molecule has 2 heterocycles. The zero-order valence-electron chi connectivity index (χ0n) is 10.1. The lowest BCUT2D eigenvalue weighted by atomic mass is 10.1. The average molecular weight is 268 g/mol. The summed E-state index contributed by atoms with van der Waals surface area (Å²) in [6, 6.07) is 0. The van der Waals surface area contributed by atoms with E-state index in [0.717, 1.165) is 23.8 Å². The summed E-state index contributed by atoms with van der Waals surface area (Å²) >= 11 is 5.79. The van der Waals surface area contributed by atoms with Crippen molar-refractivity contribution in [3.8, 4) is 0 Å². The van der Waals surface area contributed by atoms with Crippen LogP contribution in [0.2, 0.25) is 5.28 Å². The summed E-state index contributed by atoms with van der Waals surface area (Å²) in [4.78, 5) is 18.8. The van der Waals surface area contributed by atoms with Crippen LogP contribution in [-0.4, -0.2) is 25.6 Å². The summed E-state index contributed by atoms with van der Waals surface area (Å²) < 4.78 is 1.84. The van der Waals surface area contributed by atoms with Crippen molar-refractivity contribution >= 4 is 28.6 Å². The van der Waals surface area contributed by atoms with Gasteiger partial charge in [-0.25, -0.2) is 4.98 Å². The molecule has 0 radical (unpaired) electrons. The van der Waals surface area contributed by atoms with Crippen LogP contribution < -0.4 is 0 Å². The molecule has 0 bridgehead atoms. The number of hydrogen-bond acceptors (Lipinski definition) is 3. The molecule has 0 saturated heterocycles. The first-order valence-corrected chi connectivity index (χ1v) is 6.21. The Morgan fingerprint density at radius 2 is 2.33 bits per heavy atom. The predicted octanol–water partition coefficient (Wildman–Crippen LogP) is 2.51. The van der Waals surface area contributed by atoms with Crippen LogP contribution in [0, 0.1) is 0 Å². The number of aryl methyl sites for hydroxylation is 2. The maximum atomic E-state index is 10.6. The molecule has 0 saturated carbocycles. The Morgan fingerprint density at radius 3 is 3.00 bits per heavy atom. The molecule has 18 heavy (non-hydrogen) atoms. The molecule has 0 aliphatic heterocycles. The number of aliphatic carboxylic acids is 1. The van der Waals surface area contributed by atoms with Crippen molar-refractivity contribution in [2.75, 3.05) is 0 Å². The van der Waals surface area contributed by atoms with Gasteiger partial charge in [-0.2, -0.15) is 4.98 Å². The maximum absolute atomic E-state index is 10.6. The van der Waals surface area contributed by atoms with Gasteiger partial charge in [0, 0.05) is 24.3 Å². The zero-order chi connectivity index (χ0) is 13.1. The van der Waals surface area contributed by atoms with Gasteiger partial charge in [-0.05, 0) is 23.6 Å². The molecule has 2 aromatic heterocycles. The van der Waals surface area contributed by atoms with Crippen molar-refractivity contribution in [3.63, 3.8) is 0 Å². The number of halogens is 1. The quantitative estimate of drug-likeness (QED) is 0.845. The molecule has 1 N–H and O–H groups in total. The highest BCUT2D eigenvalue weighted by Crippen LogP contribution is 2.22. The highest BCUT2D eigenvalue weighted by Gasteiger charge is 2.11. The van der Waals surface area contributed by atoms with Crippen molar-refractivity contribution in [1.29, 1.82) is 0 Å². The Hall–Kier alpha value is -1.62. The Kier molecular flexibility index (Phi) is 3.81. The molecule has 0 aromatic carbocycles. The number of carboxylic acid groups (broad SMARTS) is 1. The Labute approximate surface area is 109 Å². The Bertz CT molecular complexity index is 580. The largest absolute Gasteiger partial charge is 0.481 e. The molecule has 0 spiro atoms. The minimum Gasteiger partial charge on any atom is -0.481 e. The molecule has 0 aliphatic carbocycles. The van der Waals surface area contributed by atoms with Crippen molar-refractivity contribution < 1.29 is 9.90 Å². The third kappa shape index (κ3) is 2.61. The fourth-order valence-corrected chi connectivity index (χ4v) is 2.10. The Morgan fingerprint density at radius 1 is 1.56 bits per heavy atom. The number of hydrogen-bond donors (Lipinski definition) is 1. The highest BCUT2D eigenvalue weighted by atomic mass is 35.5. The molecule has 96 valence electrons. The van der Waals surface area contributed by atoms with E-state index in [1.54, 1.807) is 6.20 Å². The van der Waals surface area contributed by atoms with E-state index in [9.17, 15) is 4.79 Å². The van der Waals surface area contributed by atoms with Crippen LogP contribution in [0.3, 0.4) is 0 Å². The van der Waals surface area contributed by atoms with E-state index in [-0.39, 0.29) is 11.7 Å². The standard InChI is InChI=1S/C12H14ClN3O2/c1-2-3-8-7-16(5-4-10(17)18)11-9(8)6-14-12(13)15-11/h6-7H,2-5H2,1H3,(H,17,18). The number of fused-ring (bicyclic) bond motifs is 1. The minimum absolute atomic E-state index is 0.0664. The van der Waals surface area contributed by atoms with Crippen LogP contribution >= 0.6 is 11.6 Å². The molecule has 5 nitrogen and oxygen atoms in total. The first-order valence-electron chi connectivity index (χ1n) is 5.84. The Balaban J connectivity index is 2.44. The van der Waals surface area contributed by atoms with E-state index in [1.807, 2.05) is 10.8 Å². The van der Waals surface area contributed by atoms with Crippen LogP contribution in [0.5, 0.6) is 0 Å². The predicted molar refractivity (Wildman–Crippen MR) is 68.8 cm³/mol. The van der Waals surface area contributed by atoms with Crippen molar-refractivity contribution in [2.24, 2.45) is 0 Å². The van der Waals surface area contributed by atoms with Gasteiger partial charge in [-0.1, -0.05) is 13.3 Å². The van der Waals surface area contributed by atoms with Crippen LogP contribution in [0.15, 0.2) is 12.4 Å². The van der Waals surface area contributed by atoms with Crippen LogP contribution in [0.1, 0.15) is 25.3 Å². The third-order valence-electron chi connectivity index (χ3n) is 2.75. The lowest BCUT2D eigenvalue weighted by molar-refractivity contribution is -0.137. The van der Waals surface area contributed by atoms with Crippen molar-refractivity contribution in [3.05, 3.63) is 23.2 Å². The molecule has 2 aromatic rings. The summed E-state index contributed by atoms with van der Waals surface area (Å²) in [7, 11) is 0. The minimum atomic E-state index is -0.825. The zero-order valence-corrected chi connectivity index (χ0v) is 10.8. The molecular formula is C12H14ClN3O2. The SMILES string of the molecule is CCCc1cn(CCC(=O)O)c2nc(Cl)ncc12. The molecule has 6 heteroatoms. The molecule has 0 fully saturated rings. The number of carbonyl (C=O) groups is 1. The molecule has 2 rings (SSSR count). The number of carboxylic acids is 1. The third-order valence-corrected chi connectivity index (χ3v) is 2.94. The van der Waals surface area contributed by atoms with E-state index >= 15 is 0 Å². The second-order valence-corrected chi connectivity index (χ2v) is 4.46. The summed E-state index contributed by atoms with van der Waals surface area (Å²) in [5.74, 6) is -0.825. The molecule has 0 aliphatic rings. The van der Waals surface area contributed by atoms with Gasteiger partial charge in [-0.15, -0.1) is 0 Å². The van der Waals surface area contributed by atoms with Crippen LogP contribution in [0.25, 0.3) is 11.0 Å². The van der Waals surface area contributed by atoms with E-state index in [4.69, 9.17) is 16.7 Å². The lowest BCUT2D eigenvalue weighted by Crippen LogP contribution is -2.04. The maximum Gasteiger partial charge on any atom is 0.305 e. The fourth-order valence-electron chi connectivity index (χ4n) is 1.97. The van der Waals surface area contributed by atoms with Gasteiger partial charge < -0.3 is 9.67 Å². The van der Waals surface area contributed by atoms with Gasteiger partial charge in [0.25, 0.3) is 0 Å². The molecule has 0 amide bonds. The smallest absolute Gasteiger partial charge is 0.305 e. The van der Waals surface area contributed by atoms with Crippen molar-refractivity contribution in [1.82, 2.24) is 14.5 Å². The summed E-state index contributed by atoms with van der Waals surface area (Å²) in [5.41, 5.74) is 1.84. The van der Waals surface area contributed by atoms with Gasteiger partial charge in [0.05, 0.1) is 6.42 Å². The van der Waals surface area contributed by atoms with Crippen LogP contribution in [0.4, 0.5) is 0 Å². The normalized spacial score (nSPS) is 11.0. The van der Waals surface area contributed by atoms with Gasteiger partial charge in [0.1, 0.15) is 5.65 Å². The fraction of sp³-hybridized carbons (Fsp3) is 0.417. The van der Waals surface area contributed by atoms with Gasteiger partial charge in [0.2, 0.25) is 5.28 Å². The second kappa shape index (κ2) is 5.35. The first-order chi connectivity index (χ1) is 8.61. The summed E-state index contributed by atoms with van der Waals surface area (Å²) in [5, 5.41) is 9.87. The van der Waals surface area contributed by atoms with Gasteiger partial charge >= 0.3 is 5.97 Å². The van der Waals surface area contributed by atoms with E-state index in [2.05, 4.69) is 16.9 Å². The summed E-state index contributed by atoms with van der Waals surface area (Å²) in [6.07, 6.45) is 5.65. The van der Waals surface area contributed by atoms with E-state index < -0.39 is 5.97 Å². The monoisotopic (exact) mass is 267 g/mol. The van der Waals surface area contributed by atoms with Gasteiger partial charge in [-0.3, -0.25) is 4.79 Å². The van der Waals surface area contributed by atoms with E-state index in [1.165, 1.54) is 0 Å². The highest BCUT2D eigenvalue weighted by molar-refractivity contribution is 6.28. The number of nitrogens with zero attached hydrogens (tertiary/aromatic N) is 3. The molecule has 0 unspecified atom stereocenters. The van der Waals surface area contributed by atoms with Gasteiger partial charge in [0.15, 0.2) is 0 Å². The topological polar surface area (TPSA) is 68.0 Å². The van der Waals surface area contributed by atoms with Crippen LogP contribution in [-0.2, 0) is 17.8 Å². The second-order valence-electron chi connectivity index (χ2n) is 4.12. The van der Waals surface area contributed by atoms with E-state index in [0.29, 0.717) is 12.2 Å². The lowest BCUT2D eigenvalue weighted by Gasteiger charge is -2.01. The number of rotatable bonds is 5. The summed E-state index contributed by atoms with van der Waals surface area (Å²) in [6.45, 7) is 2.49. The molecule has 0 atom stereocenters. The molecular weight excluding hydrogens is 254 g/mol. The first kappa shape index (κ1) is 12.8. The number of aromatic nitrogens is 3.